The minimum absolute atomic E-state index is 0.00377. The van der Waals surface area contributed by atoms with Gasteiger partial charge in [-0.3, -0.25) is 4.79 Å². The summed E-state index contributed by atoms with van der Waals surface area (Å²) < 4.78 is 17.1. The Balaban J connectivity index is 1.58. The van der Waals surface area contributed by atoms with E-state index in [0.29, 0.717) is 24.7 Å². The first-order valence-corrected chi connectivity index (χ1v) is 10.2. The maximum Gasteiger partial charge on any atom is 0.260 e. The van der Waals surface area contributed by atoms with Crippen LogP contribution in [0, 0.1) is 13.8 Å². The fourth-order valence-electron chi connectivity index (χ4n) is 3.14. The van der Waals surface area contributed by atoms with E-state index in [1.165, 1.54) is 0 Å². The predicted molar refractivity (Wildman–Crippen MR) is 122 cm³/mol. The number of aryl methyl sites for hydroxylation is 2. The minimum atomic E-state index is -0.0933. The highest BCUT2D eigenvalue weighted by atomic mass is 16.5. The number of ether oxygens (including phenoxy) is 3. The van der Waals surface area contributed by atoms with Gasteiger partial charge in [-0.2, -0.15) is 0 Å². The average Bonchev–Trinajstić information content (AvgIpc) is 2.79. The first kappa shape index (κ1) is 22.2. The zero-order valence-corrected chi connectivity index (χ0v) is 18.6. The van der Waals surface area contributed by atoms with E-state index in [9.17, 15) is 4.79 Å². The summed E-state index contributed by atoms with van der Waals surface area (Å²) in [5, 5.41) is 0. The largest absolute Gasteiger partial charge is 0.493 e. The van der Waals surface area contributed by atoms with E-state index in [2.05, 4.69) is 0 Å². The molecule has 0 fully saturated rings. The molecule has 5 nitrogen and oxygen atoms in total. The van der Waals surface area contributed by atoms with Crippen molar-refractivity contribution in [2.75, 3.05) is 20.8 Å². The normalized spacial score (nSPS) is 10.5. The SMILES string of the molecule is COc1cc(CN(C)C(=O)COc2cc(C)ccc2C)ccc1OCc1ccccc1. The van der Waals surface area contributed by atoms with Crippen LogP contribution in [0.2, 0.25) is 0 Å². The molecule has 0 aromatic heterocycles. The summed E-state index contributed by atoms with van der Waals surface area (Å²) in [4.78, 5) is 14.2. The third kappa shape index (κ3) is 6.25. The van der Waals surface area contributed by atoms with Crippen molar-refractivity contribution in [3.8, 4) is 17.2 Å². The van der Waals surface area contributed by atoms with Crippen LogP contribution in [0.3, 0.4) is 0 Å². The molecule has 3 aromatic carbocycles. The van der Waals surface area contributed by atoms with Crippen LogP contribution in [0.15, 0.2) is 66.7 Å². The number of nitrogens with zero attached hydrogens (tertiary/aromatic N) is 1. The molecule has 0 atom stereocenters. The van der Waals surface area contributed by atoms with Gasteiger partial charge in [-0.15, -0.1) is 0 Å². The Labute approximate surface area is 184 Å². The first-order chi connectivity index (χ1) is 15.0. The number of carbonyl (C=O) groups is 1. The van der Waals surface area contributed by atoms with Crippen molar-refractivity contribution in [1.29, 1.82) is 0 Å². The Morgan fingerprint density at radius 2 is 1.61 bits per heavy atom. The molecular formula is C26H29NO4. The molecule has 0 heterocycles. The van der Waals surface area contributed by atoms with Crippen LogP contribution < -0.4 is 14.2 Å². The molecule has 0 radical (unpaired) electrons. The van der Waals surface area contributed by atoms with Gasteiger partial charge in [-0.1, -0.05) is 48.5 Å². The van der Waals surface area contributed by atoms with Crippen LogP contribution in [0.5, 0.6) is 17.2 Å². The van der Waals surface area contributed by atoms with Crippen LogP contribution >= 0.6 is 0 Å². The lowest BCUT2D eigenvalue weighted by Crippen LogP contribution is -2.31. The van der Waals surface area contributed by atoms with E-state index in [1.807, 2.05) is 80.6 Å². The molecule has 0 unspecified atom stereocenters. The molecule has 0 aliphatic carbocycles. The second-order valence-electron chi connectivity index (χ2n) is 7.57. The molecule has 3 rings (SSSR count). The Morgan fingerprint density at radius 1 is 0.839 bits per heavy atom. The average molecular weight is 420 g/mol. The van der Waals surface area contributed by atoms with Crippen LogP contribution in [0.4, 0.5) is 0 Å². The third-order valence-electron chi connectivity index (χ3n) is 5.01. The molecule has 0 bridgehead atoms. The lowest BCUT2D eigenvalue weighted by molar-refractivity contribution is -0.132. The van der Waals surface area contributed by atoms with Gasteiger partial charge in [0.2, 0.25) is 0 Å². The van der Waals surface area contributed by atoms with E-state index in [0.717, 1.165) is 28.0 Å². The molecule has 0 N–H and O–H groups in total. The summed E-state index contributed by atoms with van der Waals surface area (Å²) >= 11 is 0. The fourth-order valence-corrected chi connectivity index (χ4v) is 3.14. The van der Waals surface area contributed by atoms with Crippen molar-refractivity contribution in [2.45, 2.75) is 27.0 Å². The van der Waals surface area contributed by atoms with Crippen molar-refractivity contribution in [1.82, 2.24) is 4.90 Å². The van der Waals surface area contributed by atoms with E-state index in [-0.39, 0.29) is 12.5 Å². The number of hydrogen-bond acceptors (Lipinski definition) is 4. The van der Waals surface area contributed by atoms with Gasteiger partial charge in [0.25, 0.3) is 5.91 Å². The summed E-state index contributed by atoms with van der Waals surface area (Å²) in [5.41, 5.74) is 4.15. The first-order valence-electron chi connectivity index (χ1n) is 10.2. The summed E-state index contributed by atoms with van der Waals surface area (Å²) in [6, 6.07) is 21.7. The lowest BCUT2D eigenvalue weighted by atomic mass is 10.1. The maximum absolute atomic E-state index is 12.5. The van der Waals surface area contributed by atoms with Crippen LogP contribution in [0.1, 0.15) is 22.3 Å². The number of rotatable bonds is 9. The highest BCUT2D eigenvalue weighted by Crippen LogP contribution is 2.29. The van der Waals surface area contributed by atoms with Crippen molar-refractivity contribution in [3.63, 3.8) is 0 Å². The van der Waals surface area contributed by atoms with Gasteiger partial charge < -0.3 is 19.1 Å². The van der Waals surface area contributed by atoms with Gasteiger partial charge in [-0.25, -0.2) is 0 Å². The molecule has 0 aliphatic rings. The van der Waals surface area contributed by atoms with Gasteiger partial charge in [0, 0.05) is 13.6 Å². The molecule has 0 saturated heterocycles. The molecular weight excluding hydrogens is 390 g/mol. The quantitative estimate of drug-likeness (QED) is 0.494. The number of hydrogen-bond donors (Lipinski definition) is 0. The zero-order chi connectivity index (χ0) is 22.2. The Kier molecular flexibility index (Phi) is 7.55. The van der Waals surface area contributed by atoms with Crippen molar-refractivity contribution < 1.29 is 19.0 Å². The Morgan fingerprint density at radius 3 is 2.35 bits per heavy atom. The van der Waals surface area contributed by atoms with Gasteiger partial charge in [-0.05, 0) is 54.3 Å². The lowest BCUT2D eigenvalue weighted by Gasteiger charge is -2.19. The second-order valence-corrected chi connectivity index (χ2v) is 7.57. The number of likely N-dealkylation sites (N-methyl/N-ethyl adjacent to an activating group) is 1. The summed E-state index contributed by atoms with van der Waals surface area (Å²) in [7, 11) is 3.38. The van der Waals surface area contributed by atoms with E-state index < -0.39 is 0 Å². The van der Waals surface area contributed by atoms with E-state index >= 15 is 0 Å². The Bertz CT molecular complexity index is 1020. The number of methoxy groups -OCH3 is 1. The number of amides is 1. The summed E-state index contributed by atoms with van der Waals surface area (Å²) in [6.07, 6.45) is 0. The van der Waals surface area contributed by atoms with Crippen LogP contribution in [0.25, 0.3) is 0 Å². The van der Waals surface area contributed by atoms with Crippen LogP contribution in [-0.2, 0) is 17.9 Å². The van der Waals surface area contributed by atoms with Gasteiger partial charge >= 0.3 is 0 Å². The number of carbonyl (C=O) groups excluding carboxylic acids is 1. The van der Waals surface area contributed by atoms with E-state index in [4.69, 9.17) is 14.2 Å². The van der Waals surface area contributed by atoms with Gasteiger partial charge in [0.1, 0.15) is 12.4 Å². The molecule has 1 amide bonds. The fraction of sp³-hybridized carbons (Fsp3) is 0.269. The van der Waals surface area contributed by atoms with Gasteiger partial charge in [0.15, 0.2) is 18.1 Å². The highest BCUT2D eigenvalue weighted by Gasteiger charge is 2.13. The zero-order valence-electron chi connectivity index (χ0n) is 18.6. The molecule has 162 valence electrons. The molecule has 31 heavy (non-hydrogen) atoms. The summed E-state index contributed by atoms with van der Waals surface area (Å²) in [5.74, 6) is 1.95. The Hall–Kier alpha value is -3.47. The monoisotopic (exact) mass is 419 g/mol. The van der Waals surface area contributed by atoms with Crippen molar-refractivity contribution in [2.24, 2.45) is 0 Å². The number of benzene rings is 3. The third-order valence-corrected chi connectivity index (χ3v) is 5.01. The van der Waals surface area contributed by atoms with Crippen molar-refractivity contribution >= 4 is 5.91 Å². The molecule has 0 saturated carbocycles. The summed E-state index contributed by atoms with van der Waals surface area (Å²) in [6.45, 7) is 4.88. The maximum atomic E-state index is 12.5. The van der Waals surface area contributed by atoms with Gasteiger partial charge in [0.05, 0.1) is 7.11 Å². The van der Waals surface area contributed by atoms with Crippen LogP contribution in [-0.4, -0.2) is 31.6 Å². The second kappa shape index (κ2) is 10.5. The van der Waals surface area contributed by atoms with E-state index in [1.54, 1.807) is 19.1 Å². The van der Waals surface area contributed by atoms with Crippen molar-refractivity contribution in [3.05, 3.63) is 89.0 Å². The smallest absolute Gasteiger partial charge is 0.260 e. The molecule has 3 aromatic rings. The minimum Gasteiger partial charge on any atom is -0.493 e. The topological polar surface area (TPSA) is 48.0 Å². The highest BCUT2D eigenvalue weighted by molar-refractivity contribution is 5.77. The predicted octanol–water partition coefficient (Wildman–Crippen LogP) is 4.93. The molecule has 0 aliphatic heterocycles. The molecule has 5 heteroatoms. The standard InChI is InChI=1S/C26H29NO4/c1-19-10-11-20(2)24(14-19)31-18-26(28)27(3)16-22-12-13-23(25(15-22)29-4)30-17-21-8-6-5-7-9-21/h5-15H,16-18H2,1-4H3. The molecule has 0 spiro atoms.